The van der Waals surface area contributed by atoms with Crippen LogP contribution in [0.3, 0.4) is 0 Å². The van der Waals surface area contributed by atoms with Crippen molar-refractivity contribution in [1.82, 2.24) is 9.88 Å². The van der Waals surface area contributed by atoms with E-state index in [0.29, 0.717) is 11.7 Å². The molecule has 1 saturated heterocycles. The largest absolute Gasteiger partial charge is 0.373 e. The Bertz CT molecular complexity index is 668. The Labute approximate surface area is 138 Å². The smallest absolute Gasteiger partial charge is 0.263 e. The van der Waals surface area contributed by atoms with Gasteiger partial charge in [-0.15, -0.1) is 11.3 Å². The lowest BCUT2D eigenvalue weighted by Crippen LogP contribution is -2.25. The number of halogens is 1. The van der Waals surface area contributed by atoms with E-state index >= 15 is 0 Å². The molecule has 0 radical (unpaired) electrons. The number of rotatable bonds is 4. The van der Waals surface area contributed by atoms with Gasteiger partial charge >= 0.3 is 0 Å². The molecule has 22 heavy (non-hydrogen) atoms. The SMILES string of the molecule is CN(Cc1cccnc1Cl)C(=O)c1ccc([C@@H]2CCCO2)s1. The molecule has 0 unspecified atom stereocenters. The van der Waals surface area contributed by atoms with Crippen molar-refractivity contribution in [2.45, 2.75) is 25.5 Å². The minimum atomic E-state index is -0.00540. The lowest BCUT2D eigenvalue weighted by Gasteiger charge is -2.16. The van der Waals surface area contributed by atoms with Crippen LogP contribution in [0.1, 0.15) is 39.1 Å². The number of nitrogens with zero attached hydrogens (tertiary/aromatic N) is 2. The number of carbonyl (C=O) groups is 1. The van der Waals surface area contributed by atoms with Gasteiger partial charge in [-0.2, -0.15) is 0 Å². The second kappa shape index (κ2) is 6.77. The third-order valence-electron chi connectivity index (χ3n) is 3.68. The van der Waals surface area contributed by atoms with Crippen LogP contribution in [-0.2, 0) is 11.3 Å². The van der Waals surface area contributed by atoms with Crippen molar-refractivity contribution in [3.05, 3.63) is 50.9 Å². The molecule has 3 rings (SSSR count). The summed E-state index contributed by atoms with van der Waals surface area (Å²) in [6, 6.07) is 7.58. The number of carbonyl (C=O) groups excluding carboxylic acids is 1. The first kappa shape index (κ1) is 15.5. The fourth-order valence-corrected chi connectivity index (χ4v) is 3.76. The van der Waals surface area contributed by atoms with Crippen molar-refractivity contribution in [1.29, 1.82) is 0 Å². The molecule has 1 aliphatic heterocycles. The van der Waals surface area contributed by atoms with E-state index in [1.54, 1.807) is 18.1 Å². The fourth-order valence-electron chi connectivity index (χ4n) is 2.50. The Morgan fingerprint density at radius 2 is 2.36 bits per heavy atom. The van der Waals surface area contributed by atoms with Crippen LogP contribution in [0, 0.1) is 0 Å². The maximum Gasteiger partial charge on any atom is 0.263 e. The van der Waals surface area contributed by atoms with Crippen molar-refractivity contribution in [3.8, 4) is 0 Å². The van der Waals surface area contributed by atoms with Crippen molar-refractivity contribution in [2.24, 2.45) is 0 Å². The number of pyridine rings is 1. The molecule has 2 aromatic heterocycles. The van der Waals surface area contributed by atoms with Gasteiger partial charge in [-0.3, -0.25) is 4.79 Å². The highest BCUT2D eigenvalue weighted by molar-refractivity contribution is 7.14. The molecular weight excluding hydrogens is 320 g/mol. The highest BCUT2D eigenvalue weighted by Gasteiger charge is 2.22. The molecule has 0 bridgehead atoms. The quantitative estimate of drug-likeness (QED) is 0.795. The molecule has 0 saturated carbocycles. The molecule has 1 fully saturated rings. The molecule has 0 spiro atoms. The number of hydrogen-bond donors (Lipinski definition) is 0. The summed E-state index contributed by atoms with van der Waals surface area (Å²) in [6.07, 6.45) is 3.92. The van der Waals surface area contributed by atoms with Crippen LogP contribution in [0.15, 0.2) is 30.5 Å². The van der Waals surface area contributed by atoms with Crippen LogP contribution in [0.2, 0.25) is 5.15 Å². The molecule has 1 aliphatic rings. The van der Waals surface area contributed by atoms with Crippen LogP contribution >= 0.6 is 22.9 Å². The second-order valence-electron chi connectivity index (χ2n) is 5.32. The number of thiophene rings is 1. The van der Waals surface area contributed by atoms with Gasteiger partial charge in [0.15, 0.2) is 0 Å². The standard InChI is InChI=1S/C16H17ClN2O2S/c1-19(10-11-4-2-8-18-15(11)17)16(20)14-7-6-13(22-14)12-5-3-9-21-12/h2,4,6-8,12H,3,5,9-10H2,1H3/t12-/m0/s1. The van der Waals surface area contributed by atoms with Gasteiger partial charge in [-0.05, 0) is 31.0 Å². The summed E-state index contributed by atoms with van der Waals surface area (Å²) >= 11 is 7.56. The van der Waals surface area contributed by atoms with Gasteiger partial charge in [0.2, 0.25) is 0 Å². The average molecular weight is 337 g/mol. The first-order valence-electron chi connectivity index (χ1n) is 7.21. The Balaban J connectivity index is 1.69. The highest BCUT2D eigenvalue weighted by Crippen LogP contribution is 2.33. The summed E-state index contributed by atoms with van der Waals surface area (Å²) in [5, 5.41) is 0.438. The minimum absolute atomic E-state index is 0.00540. The van der Waals surface area contributed by atoms with Crippen LogP contribution in [0.5, 0.6) is 0 Å². The molecule has 1 atom stereocenters. The molecule has 116 valence electrons. The normalized spacial score (nSPS) is 17.6. The monoisotopic (exact) mass is 336 g/mol. The van der Waals surface area contributed by atoms with E-state index in [4.69, 9.17) is 16.3 Å². The molecule has 3 heterocycles. The molecule has 0 aromatic carbocycles. The van der Waals surface area contributed by atoms with Crippen LogP contribution in [0.4, 0.5) is 0 Å². The van der Waals surface area contributed by atoms with E-state index in [0.717, 1.165) is 34.8 Å². The summed E-state index contributed by atoms with van der Waals surface area (Å²) in [4.78, 5) is 20.1. The van der Waals surface area contributed by atoms with Crippen molar-refractivity contribution >= 4 is 28.8 Å². The molecule has 0 aliphatic carbocycles. The van der Waals surface area contributed by atoms with Gasteiger partial charge in [-0.1, -0.05) is 17.7 Å². The van der Waals surface area contributed by atoms with E-state index < -0.39 is 0 Å². The predicted octanol–water partition coefficient (Wildman–Crippen LogP) is 3.92. The first-order valence-corrected chi connectivity index (χ1v) is 8.41. The summed E-state index contributed by atoms with van der Waals surface area (Å²) < 4.78 is 5.66. The Kier molecular flexibility index (Phi) is 4.76. The van der Waals surface area contributed by atoms with E-state index in [-0.39, 0.29) is 12.0 Å². The lowest BCUT2D eigenvalue weighted by atomic mass is 10.2. The number of aromatic nitrogens is 1. The zero-order valence-electron chi connectivity index (χ0n) is 12.3. The van der Waals surface area contributed by atoms with E-state index in [1.165, 1.54) is 11.3 Å². The number of ether oxygens (including phenoxy) is 1. The molecule has 2 aromatic rings. The molecule has 1 amide bonds. The second-order valence-corrected chi connectivity index (χ2v) is 6.79. The fraction of sp³-hybridized carbons (Fsp3) is 0.375. The van der Waals surface area contributed by atoms with Gasteiger partial charge in [0.05, 0.1) is 11.0 Å². The Hall–Kier alpha value is -1.43. The molecule has 0 N–H and O–H groups in total. The number of hydrogen-bond acceptors (Lipinski definition) is 4. The maximum absolute atomic E-state index is 12.5. The third kappa shape index (κ3) is 3.32. The van der Waals surface area contributed by atoms with Gasteiger partial charge in [0.25, 0.3) is 5.91 Å². The molecule has 4 nitrogen and oxygen atoms in total. The zero-order chi connectivity index (χ0) is 15.5. The minimum Gasteiger partial charge on any atom is -0.373 e. The van der Waals surface area contributed by atoms with Gasteiger partial charge < -0.3 is 9.64 Å². The van der Waals surface area contributed by atoms with Crippen LogP contribution in [-0.4, -0.2) is 29.4 Å². The van der Waals surface area contributed by atoms with Gasteiger partial charge in [0.1, 0.15) is 5.15 Å². The summed E-state index contributed by atoms with van der Waals surface area (Å²) in [5.74, 6) is -0.00540. The van der Waals surface area contributed by atoms with Crippen molar-refractivity contribution < 1.29 is 9.53 Å². The summed E-state index contributed by atoms with van der Waals surface area (Å²) in [6.45, 7) is 1.25. The zero-order valence-corrected chi connectivity index (χ0v) is 13.9. The first-order chi connectivity index (χ1) is 10.6. The predicted molar refractivity (Wildman–Crippen MR) is 87.3 cm³/mol. The summed E-state index contributed by atoms with van der Waals surface area (Å²) in [7, 11) is 1.77. The van der Waals surface area contributed by atoms with Gasteiger partial charge in [0, 0.05) is 36.8 Å². The van der Waals surface area contributed by atoms with Crippen molar-refractivity contribution in [2.75, 3.05) is 13.7 Å². The van der Waals surface area contributed by atoms with Crippen molar-refractivity contribution in [3.63, 3.8) is 0 Å². The van der Waals surface area contributed by atoms with Gasteiger partial charge in [-0.25, -0.2) is 4.98 Å². The topological polar surface area (TPSA) is 42.4 Å². The molecular formula is C16H17ClN2O2S. The highest BCUT2D eigenvalue weighted by atomic mass is 35.5. The number of amides is 1. The maximum atomic E-state index is 12.5. The Morgan fingerprint density at radius 1 is 1.50 bits per heavy atom. The van der Waals surface area contributed by atoms with Crippen LogP contribution in [0.25, 0.3) is 0 Å². The van der Waals surface area contributed by atoms with Crippen LogP contribution < -0.4 is 0 Å². The Morgan fingerprint density at radius 3 is 3.09 bits per heavy atom. The van der Waals surface area contributed by atoms with E-state index in [1.807, 2.05) is 24.3 Å². The molecule has 6 heteroatoms. The van der Waals surface area contributed by atoms with E-state index in [9.17, 15) is 4.79 Å². The average Bonchev–Trinajstić information content (AvgIpc) is 3.19. The lowest BCUT2D eigenvalue weighted by molar-refractivity contribution is 0.0790. The third-order valence-corrected chi connectivity index (χ3v) is 5.18. The van der Waals surface area contributed by atoms with E-state index in [2.05, 4.69) is 4.98 Å². The summed E-state index contributed by atoms with van der Waals surface area (Å²) in [5.41, 5.74) is 0.843.